The first kappa shape index (κ1) is 10.3. The van der Waals surface area contributed by atoms with Gasteiger partial charge in [-0.25, -0.2) is 9.97 Å². The molecule has 1 aromatic carbocycles. The molecule has 2 aromatic rings. The van der Waals surface area contributed by atoms with E-state index in [-0.39, 0.29) is 0 Å². The molecule has 0 spiro atoms. The van der Waals surface area contributed by atoms with Crippen LogP contribution in [-0.2, 0) is 0 Å². The molecule has 80 valence electrons. The average Bonchev–Trinajstić information content (AvgIpc) is 2.29. The van der Waals surface area contributed by atoms with Crippen LogP contribution in [0.4, 0.5) is 0 Å². The van der Waals surface area contributed by atoms with Crippen molar-refractivity contribution in [3.8, 4) is 11.3 Å². The van der Waals surface area contributed by atoms with Crippen LogP contribution in [0.15, 0.2) is 36.5 Å². The summed E-state index contributed by atoms with van der Waals surface area (Å²) in [4.78, 5) is 19.3. The summed E-state index contributed by atoms with van der Waals surface area (Å²) in [6.07, 6.45) is 1.69. The molecule has 2 rings (SSSR count). The first-order valence-corrected chi connectivity index (χ1v) is 4.87. The van der Waals surface area contributed by atoms with Gasteiger partial charge in [0, 0.05) is 17.3 Å². The highest BCUT2D eigenvalue weighted by Crippen LogP contribution is 2.17. The first-order chi connectivity index (χ1) is 7.66. The molecular formula is C12H11N3O. The molecule has 4 heteroatoms. The lowest BCUT2D eigenvalue weighted by molar-refractivity contribution is 0.100. The van der Waals surface area contributed by atoms with Crippen molar-refractivity contribution >= 4 is 5.91 Å². The van der Waals surface area contributed by atoms with Crippen molar-refractivity contribution in [2.24, 2.45) is 5.73 Å². The number of aromatic nitrogens is 2. The van der Waals surface area contributed by atoms with Crippen LogP contribution in [0.25, 0.3) is 11.3 Å². The van der Waals surface area contributed by atoms with Crippen LogP contribution in [0.1, 0.15) is 16.2 Å². The van der Waals surface area contributed by atoms with Crippen molar-refractivity contribution in [1.82, 2.24) is 9.97 Å². The van der Waals surface area contributed by atoms with Crippen LogP contribution in [-0.4, -0.2) is 15.9 Å². The van der Waals surface area contributed by atoms with Gasteiger partial charge in [-0.15, -0.1) is 0 Å². The zero-order valence-electron chi connectivity index (χ0n) is 8.84. The third-order valence-electron chi connectivity index (χ3n) is 2.22. The van der Waals surface area contributed by atoms with Crippen LogP contribution in [0.3, 0.4) is 0 Å². The lowest BCUT2D eigenvalue weighted by Gasteiger charge is -2.02. The van der Waals surface area contributed by atoms with Gasteiger partial charge in [-0.1, -0.05) is 12.1 Å². The topological polar surface area (TPSA) is 68.9 Å². The highest BCUT2D eigenvalue weighted by molar-refractivity contribution is 5.93. The minimum Gasteiger partial charge on any atom is -0.366 e. The fourth-order valence-electron chi connectivity index (χ4n) is 1.45. The highest BCUT2D eigenvalue weighted by atomic mass is 16.1. The molecule has 0 bridgehead atoms. The highest BCUT2D eigenvalue weighted by Gasteiger charge is 2.04. The summed E-state index contributed by atoms with van der Waals surface area (Å²) in [5, 5.41) is 0. The van der Waals surface area contributed by atoms with E-state index in [1.807, 2.05) is 13.0 Å². The van der Waals surface area contributed by atoms with Gasteiger partial charge < -0.3 is 5.73 Å². The van der Waals surface area contributed by atoms with Crippen LogP contribution >= 0.6 is 0 Å². The second kappa shape index (κ2) is 4.10. The van der Waals surface area contributed by atoms with Crippen LogP contribution < -0.4 is 5.73 Å². The van der Waals surface area contributed by atoms with Crippen LogP contribution in [0.5, 0.6) is 0 Å². The molecular weight excluding hydrogens is 202 g/mol. The van der Waals surface area contributed by atoms with Gasteiger partial charge >= 0.3 is 0 Å². The Hall–Kier alpha value is -2.23. The van der Waals surface area contributed by atoms with Crippen LogP contribution in [0, 0.1) is 6.92 Å². The molecule has 0 aliphatic rings. The minimum atomic E-state index is -0.437. The molecule has 0 saturated carbocycles. The number of hydrogen-bond acceptors (Lipinski definition) is 3. The molecule has 16 heavy (non-hydrogen) atoms. The Kier molecular flexibility index (Phi) is 2.64. The number of rotatable bonds is 2. The predicted octanol–water partition coefficient (Wildman–Crippen LogP) is 1.55. The van der Waals surface area contributed by atoms with Gasteiger partial charge in [0.05, 0.1) is 5.69 Å². The molecule has 1 amide bonds. The zero-order valence-corrected chi connectivity index (χ0v) is 8.84. The lowest BCUT2D eigenvalue weighted by Crippen LogP contribution is -2.10. The van der Waals surface area contributed by atoms with E-state index >= 15 is 0 Å². The van der Waals surface area contributed by atoms with Gasteiger partial charge in [0.2, 0.25) is 5.91 Å². The standard InChI is InChI=1S/C12H11N3O/c1-8-14-6-5-11(15-8)9-3-2-4-10(7-9)12(13)16/h2-7H,1H3,(H2,13,16). The summed E-state index contributed by atoms with van der Waals surface area (Å²) in [6, 6.07) is 8.87. The fraction of sp³-hybridized carbons (Fsp3) is 0.0833. The molecule has 0 aliphatic carbocycles. The van der Waals surface area contributed by atoms with E-state index in [0.717, 1.165) is 11.3 Å². The van der Waals surface area contributed by atoms with E-state index in [9.17, 15) is 4.79 Å². The molecule has 2 N–H and O–H groups in total. The van der Waals surface area contributed by atoms with E-state index < -0.39 is 5.91 Å². The number of hydrogen-bond donors (Lipinski definition) is 1. The number of benzene rings is 1. The molecule has 0 unspecified atom stereocenters. The largest absolute Gasteiger partial charge is 0.366 e. The molecule has 4 nitrogen and oxygen atoms in total. The summed E-state index contributed by atoms with van der Waals surface area (Å²) < 4.78 is 0. The maximum absolute atomic E-state index is 11.0. The van der Waals surface area contributed by atoms with Gasteiger partial charge in [-0.3, -0.25) is 4.79 Å². The quantitative estimate of drug-likeness (QED) is 0.822. The second-order valence-electron chi connectivity index (χ2n) is 3.43. The number of nitrogens with two attached hydrogens (primary N) is 1. The van der Waals surface area contributed by atoms with Gasteiger partial charge in [-0.05, 0) is 25.1 Å². The number of nitrogens with zero attached hydrogens (tertiary/aromatic N) is 2. The van der Waals surface area contributed by atoms with Crippen molar-refractivity contribution < 1.29 is 4.79 Å². The van der Waals surface area contributed by atoms with Crippen molar-refractivity contribution in [2.45, 2.75) is 6.92 Å². The van der Waals surface area contributed by atoms with Gasteiger partial charge in [-0.2, -0.15) is 0 Å². The Balaban J connectivity index is 2.48. The minimum absolute atomic E-state index is 0.437. The summed E-state index contributed by atoms with van der Waals surface area (Å²) in [5.74, 6) is 0.259. The number of carbonyl (C=O) groups excluding carboxylic acids is 1. The third-order valence-corrected chi connectivity index (χ3v) is 2.22. The van der Waals surface area contributed by atoms with Gasteiger partial charge in [0.1, 0.15) is 5.82 Å². The maximum Gasteiger partial charge on any atom is 0.248 e. The van der Waals surface area contributed by atoms with Crippen LogP contribution in [0.2, 0.25) is 0 Å². The molecule has 1 aromatic heterocycles. The van der Waals surface area contributed by atoms with Crippen molar-refractivity contribution in [3.05, 3.63) is 47.9 Å². The zero-order chi connectivity index (χ0) is 11.5. The molecule has 1 heterocycles. The molecule has 0 atom stereocenters. The maximum atomic E-state index is 11.0. The van der Waals surface area contributed by atoms with Crippen molar-refractivity contribution in [2.75, 3.05) is 0 Å². The van der Waals surface area contributed by atoms with E-state index in [2.05, 4.69) is 9.97 Å². The Morgan fingerprint density at radius 2 is 2.12 bits per heavy atom. The van der Waals surface area contributed by atoms with Gasteiger partial charge in [0.25, 0.3) is 0 Å². The normalized spacial score (nSPS) is 10.1. The summed E-state index contributed by atoms with van der Waals surface area (Å²) >= 11 is 0. The third kappa shape index (κ3) is 2.06. The van der Waals surface area contributed by atoms with Gasteiger partial charge in [0.15, 0.2) is 0 Å². The summed E-state index contributed by atoms with van der Waals surface area (Å²) in [5.41, 5.74) is 7.35. The predicted molar refractivity (Wildman–Crippen MR) is 60.7 cm³/mol. The van der Waals surface area contributed by atoms with E-state index in [1.54, 1.807) is 30.5 Å². The smallest absolute Gasteiger partial charge is 0.248 e. The Labute approximate surface area is 93.2 Å². The molecule has 0 aliphatic heterocycles. The monoisotopic (exact) mass is 213 g/mol. The number of amides is 1. The molecule has 0 radical (unpaired) electrons. The van der Waals surface area contributed by atoms with Crippen molar-refractivity contribution in [3.63, 3.8) is 0 Å². The summed E-state index contributed by atoms with van der Waals surface area (Å²) in [7, 11) is 0. The number of aryl methyl sites for hydroxylation is 1. The molecule has 0 fully saturated rings. The number of carbonyl (C=O) groups is 1. The van der Waals surface area contributed by atoms with E-state index in [1.165, 1.54) is 0 Å². The van der Waals surface area contributed by atoms with Crippen molar-refractivity contribution in [1.29, 1.82) is 0 Å². The SMILES string of the molecule is Cc1nccc(-c2cccc(C(N)=O)c2)n1. The van der Waals surface area contributed by atoms with E-state index in [4.69, 9.17) is 5.73 Å². The average molecular weight is 213 g/mol. The Bertz CT molecular complexity index is 537. The first-order valence-electron chi connectivity index (χ1n) is 4.87. The number of primary amides is 1. The summed E-state index contributed by atoms with van der Waals surface area (Å²) in [6.45, 7) is 1.82. The Morgan fingerprint density at radius 3 is 2.81 bits per heavy atom. The second-order valence-corrected chi connectivity index (χ2v) is 3.43. The lowest BCUT2D eigenvalue weighted by atomic mass is 10.1. The Morgan fingerprint density at radius 1 is 1.31 bits per heavy atom. The molecule has 0 saturated heterocycles. The van der Waals surface area contributed by atoms with E-state index in [0.29, 0.717) is 11.4 Å². The fourth-order valence-corrected chi connectivity index (χ4v) is 1.45.